The van der Waals surface area contributed by atoms with Crippen molar-refractivity contribution in [1.82, 2.24) is 24.7 Å². The summed E-state index contributed by atoms with van der Waals surface area (Å²) in [6, 6.07) is 3.87. The van der Waals surface area contributed by atoms with Crippen molar-refractivity contribution < 1.29 is 14.3 Å². The molecule has 1 aliphatic rings. The molecule has 0 aliphatic carbocycles. The van der Waals surface area contributed by atoms with E-state index in [2.05, 4.69) is 20.3 Å². The number of hydrogen-bond donors (Lipinski definition) is 1. The zero-order valence-electron chi connectivity index (χ0n) is 17.7. The third-order valence-electron chi connectivity index (χ3n) is 5.39. The Morgan fingerprint density at radius 1 is 1.27 bits per heavy atom. The van der Waals surface area contributed by atoms with Gasteiger partial charge >= 0.3 is 0 Å². The van der Waals surface area contributed by atoms with Crippen molar-refractivity contribution in [2.45, 2.75) is 31.9 Å². The van der Waals surface area contributed by atoms with Crippen LogP contribution in [0.2, 0.25) is 0 Å². The highest BCUT2D eigenvalue weighted by molar-refractivity contribution is 7.17. The molecule has 4 aromatic rings. The van der Waals surface area contributed by atoms with Gasteiger partial charge < -0.3 is 14.5 Å². The van der Waals surface area contributed by atoms with Gasteiger partial charge in [0, 0.05) is 37.1 Å². The molecule has 33 heavy (non-hydrogen) atoms. The Bertz CT molecular complexity index is 1250. The molecule has 5 heterocycles. The number of thiazole rings is 2. The fourth-order valence-electron chi connectivity index (χ4n) is 3.68. The summed E-state index contributed by atoms with van der Waals surface area (Å²) in [6.45, 7) is 1.49. The van der Waals surface area contributed by atoms with Gasteiger partial charge in [0.1, 0.15) is 10.5 Å². The van der Waals surface area contributed by atoms with Crippen LogP contribution in [0.25, 0.3) is 5.65 Å². The van der Waals surface area contributed by atoms with E-state index < -0.39 is 0 Å². The molecule has 0 radical (unpaired) electrons. The van der Waals surface area contributed by atoms with Crippen molar-refractivity contribution in [3.8, 4) is 0 Å². The monoisotopic (exact) mass is 482 g/mol. The lowest BCUT2D eigenvalue weighted by molar-refractivity contribution is -0.118. The Balaban J connectivity index is 1.27. The van der Waals surface area contributed by atoms with Gasteiger partial charge in [-0.1, -0.05) is 11.3 Å². The number of ether oxygens (including phenoxy) is 1. The maximum absolute atomic E-state index is 13.1. The predicted octanol–water partition coefficient (Wildman–Crippen LogP) is 2.93. The van der Waals surface area contributed by atoms with Crippen molar-refractivity contribution in [2.24, 2.45) is 0 Å². The van der Waals surface area contributed by atoms with Crippen LogP contribution in [0.3, 0.4) is 0 Å². The van der Waals surface area contributed by atoms with Crippen LogP contribution < -0.4 is 10.2 Å². The number of amides is 2. The molecule has 1 N–H and O–H groups in total. The lowest BCUT2D eigenvalue weighted by atomic mass is 10.2. The van der Waals surface area contributed by atoms with E-state index in [4.69, 9.17) is 4.74 Å². The number of aromatic nitrogens is 4. The third kappa shape index (κ3) is 5.10. The first-order chi connectivity index (χ1) is 16.2. The van der Waals surface area contributed by atoms with Crippen LogP contribution in [0.5, 0.6) is 0 Å². The number of carbonyl (C=O) groups is 2. The number of pyridine rings is 1. The van der Waals surface area contributed by atoms with E-state index >= 15 is 0 Å². The molecule has 0 spiro atoms. The lowest BCUT2D eigenvalue weighted by Crippen LogP contribution is -2.38. The SMILES string of the molecule is O=C(NCc1ccn2ccnc2c1)c1cnc(N(C[C@H]2CCCO2)C(=O)Cc2cscn2)s1. The summed E-state index contributed by atoms with van der Waals surface area (Å²) in [7, 11) is 0. The second-order valence-corrected chi connectivity index (χ2v) is 9.44. The smallest absolute Gasteiger partial charge is 0.263 e. The summed E-state index contributed by atoms with van der Waals surface area (Å²) in [6.07, 6.45) is 9.08. The molecule has 5 rings (SSSR count). The largest absolute Gasteiger partial charge is 0.376 e. The fourth-order valence-corrected chi connectivity index (χ4v) is 5.10. The molecule has 1 saturated heterocycles. The second kappa shape index (κ2) is 9.77. The number of imidazole rings is 1. The Morgan fingerprint density at radius 3 is 3.03 bits per heavy atom. The minimum absolute atomic E-state index is 0.0249. The van der Waals surface area contributed by atoms with E-state index in [0.29, 0.717) is 29.7 Å². The summed E-state index contributed by atoms with van der Waals surface area (Å²) in [5.41, 5.74) is 4.21. The number of rotatable bonds is 8. The first-order valence-corrected chi connectivity index (χ1v) is 12.4. The molecule has 1 fully saturated rings. The summed E-state index contributed by atoms with van der Waals surface area (Å²) >= 11 is 2.66. The molecule has 0 aromatic carbocycles. The summed E-state index contributed by atoms with van der Waals surface area (Å²) in [4.78, 5) is 40.8. The van der Waals surface area contributed by atoms with Crippen molar-refractivity contribution >= 4 is 45.3 Å². The van der Waals surface area contributed by atoms with Crippen LogP contribution in [0.4, 0.5) is 5.13 Å². The van der Waals surface area contributed by atoms with Gasteiger partial charge in [0.2, 0.25) is 5.91 Å². The lowest BCUT2D eigenvalue weighted by Gasteiger charge is -2.22. The minimum atomic E-state index is -0.231. The number of nitrogens with zero attached hydrogens (tertiary/aromatic N) is 5. The number of anilines is 1. The number of hydrogen-bond acceptors (Lipinski definition) is 8. The van der Waals surface area contributed by atoms with E-state index in [1.807, 2.05) is 34.3 Å². The minimum Gasteiger partial charge on any atom is -0.376 e. The average Bonchev–Trinajstić information content (AvgIpc) is 3.62. The highest BCUT2D eigenvalue weighted by atomic mass is 32.1. The van der Waals surface area contributed by atoms with Gasteiger partial charge in [-0.15, -0.1) is 11.3 Å². The number of carbonyl (C=O) groups excluding carboxylic acids is 2. The van der Waals surface area contributed by atoms with Gasteiger partial charge in [0.05, 0.1) is 36.5 Å². The molecule has 1 aliphatic heterocycles. The van der Waals surface area contributed by atoms with Crippen LogP contribution in [-0.4, -0.2) is 50.4 Å². The van der Waals surface area contributed by atoms with Crippen LogP contribution in [0, 0.1) is 0 Å². The topological polar surface area (TPSA) is 102 Å². The quantitative estimate of drug-likeness (QED) is 0.414. The summed E-state index contributed by atoms with van der Waals surface area (Å²) in [5, 5.41) is 5.28. The fraction of sp³-hybridized carbons (Fsp3) is 0.318. The highest BCUT2D eigenvalue weighted by Crippen LogP contribution is 2.26. The van der Waals surface area contributed by atoms with E-state index in [9.17, 15) is 9.59 Å². The molecule has 4 aromatic heterocycles. The van der Waals surface area contributed by atoms with Crippen molar-refractivity contribution in [2.75, 3.05) is 18.1 Å². The molecular formula is C22H22N6O3S2. The highest BCUT2D eigenvalue weighted by Gasteiger charge is 2.27. The Morgan fingerprint density at radius 2 is 2.21 bits per heavy atom. The Kier molecular flexibility index (Phi) is 6.42. The normalized spacial score (nSPS) is 15.7. The van der Waals surface area contributed by atoms with Crippen LogP contribution in [-0.2, 0) is 22.5 Å². The maximum atomic E-state index is 13.1. The van der Waals surface area contributed by atoms with Crippen molar-refractivity contribution in [3.05, 3.63) is 63.9 Å². The maximum Gasteiger partial charge on any atom is 0.263 e. The van der Waals surface area contributed by atoms with Gasteiger partial charge in [-0.3, -0.25) is 14.5 Å². The average molecular weight is 483 g/mol. The zero-order valence-corrected chi connectivity index (χ0v) is 19.3. The van der Waals surface area contributed by atoms with Crippen LogP contribution in [0.1, 0.15) is 33.8 Å². The molecule has 1 atom stereocenters. The van der Waals surface area contributed by atoms with Gasteiger partial charge in [0.25, 0.3) is 5.91 Å². The summed E-state index contributed by atoms with van der Waals surface area (Å²) in [5.74, 6) is -0.336. The molecule has 0 bridgehead atoms. The summed E-state index contributed by atoms with van der Waals surface area (Å²) < 4.78 is 7.65. The van der Waals surface area contributed by atoms with Crippen LogP contribution in [0.15, 0.2) is 47.8 Å². The Labute approximate surface area is 198 Å². The number of fused-ring (bicyclic) bond motifs is 1. The Hall–Kier alpha value is -3.15. The zero-order chi connectivity index (χ0) is 22.6. The van der Waals surface area contributed by atoms with Gasteiger partial charge in [-0.25, -0.2) is 15.0 Å². The standard InChI is InChI=1S/C22H22N6O3S2/c29-20(9-16-13-32-14-26-16)28(12-17-2-1-7-31-17)22-25-11-18(33-22)21(30)24-10-15-3-5-27-6-4-23-19(27)8-15/h3-6,8,11,13-14,17H,1-2,7,9-10,12H2,(H,24,30)/t17-/m1/s1. The van der Waals surface area contributed by atoms with Crippen LogP contribution >= 0.6 is 22.7 Å². The first-order valence-electron chi connectivity index (χ1n) is 10.6. The molecule has 2 amide bonds. The van der Waals surface area contributed by atoms with Gasteiger partial charge in [-0.05, 0) is 30.5 Å². The number of nitrogens with one attached hydrogen (secondary N) is 1. The van der Waals surface area contributed by atoms with E-state index in [0.717, 1.165) is 29.7 Å². The molecule has 9 nitrogen and oxygen atoms in total. The van der Waals surface area contributed by atoms with E-state index in [1.165, 1.54) is 28.9 Å². The van der Waals surface area contributed by atoms with Gasteiger partial charge in [-0.2, -0.15) is 0 Å². The molecule has 170 valence electrons. The van der Waals surface area contributed by atoms with E-state index in [1.54, 1.807) is 16.6 Å². The molecular weight excluding hydrogens is 460 g/mol. The second-order valence-electron chi connectivity index (χ2n) is 7.71. The van der Waals surface area contributed by atoms with E-state index in [-0.39, 0.29) is 24.3 Å². The van der Waals surface area contributed by atoms with Crippen molar-refractivity contribution in [3.63, 3.8) is 0 Å². The predicted molar refractivity (Wildman–Crippen MR) is 126 cm³/mol. The molecule has 11 heteroatoms. The molecule has 0 saturated carbocycles. The van der Waals surface area contributed by atoms with Gasteiger partial charge in [0.15, 0.2) is 5.13 Å². The molecule has 0 unspecified atom stereocenters. The first kappa shape index (κ1) is 21.7. The van der Waals surface area contributed by atoms with Crippen molar-refractivity contribution in [1.29, 1.82) is 0 Å². The third-order valence-corrected chi connectivity index (χ3v) is 7.05.